The van der Waals surface area contributed by atoms with E-state index in [0.29, 0.717) is 38.6 Å². The molecule has 28 heavy (non-hydrogen) atoms. The molecular formula is C20H14Cl2N2O4. The molecule has 0 saturated carbocycles. The minimum atomic E-state index is -0.788. The highest BCUT2D eigenvalue weighted by atomic mass is 35.5. The summed E-state index contributed by atoms with van der Waals surface area (Å²) >= 11 is 12.2. The van der Waals surface area contributed by atoms with Gasteiger partial charge in [0.2, 0.25) is 6.10 Å². The van der Waals surface area contributed by atoms with Gasteiger partial charge in [0, 0.05) is 10.6 Å². The van der Waals surface area contributed by atoms with Crippen molar-refractivity contribution in [1.82, 2.24) is 5.43 Å². The molecule has 1 aliphatic heterocycles. The van der Waals surface area contributed by atoms with Crippen LogP contribution in [0.3, 0.4) is 0 Å². The number of benzene rings is 2. The van der Waals surface area contributed by atoms with Crippen LogP contribution in [0.5, 0.6) is 11.5 Å². The van der Waals surface area contributed by atoms with E-state index in [1.54, 1.807) is 48.5 Å². The molecule has 0 bridgehead atoms. The molecule has 1 aliphatic rings. The number of ether oxygens (including phenoxy) is 2. The molecule has 1 aromatic heterocycles. The van der Waals surface area contributed by atoms with Crippen molar-refractivity contribution in [3.63, 3.8) is 0 Å². The Morgan fingerprint density at radius 3 is 2.79 bits per heavy atom. The van der Waals surface area contributed by atoms with E-state index in [9.17, 15) is 4.79 Å². The Hall–Kier alpha value is -2.96. The average molecular weight is 417 g/mol. The summed E-state index contributed by atoms with van der Waals surface area (Å²) in [6.45, 7) is 0.108. The number of fused-ring (bicyclic) bond motifs is 1. The first-order chi connectivity index (χ1) is 13.6. The van der Waals surface area contributed by atoms with E-state index in [4.69, 9.17) is 37.1 Å². The maximum atomic E-state index is 12.2. The van der Waals surface area contributed by atoms with Gasteiger partial charge in [0.05, 0.1) is 11.2 Å². The lowest BCUT2D eigenvalue weighted by molar-refractivity contribution is -0.130. The van der Waals surface area contributed by atoms with Crippen molar-refractivity contribution in [2.24, 2.45) is 5.10 Å². The van der Waals surface area contributed by atoms with Crippen molar-refractivity contribution >= 4 is 35.3 Å². The number of rotatable bonds is 4. The molecule has 3 aromatic rings. The van der Waals surface area contributed by atoms with Crippen LogP contribution in [0.2, 0.25) is 10.0 Å². The van der Waals surface area contributed by atoms with Crippen molar-refractivity contribution in [3.05, 3.63) is 70.4 Å². The molecule has 0 spiro atoms. The Labute approximate surface area is 170 Å². The van der Waals surface area contributed by atoms with Crippen LogP contribution in [0.15, 0.2) is 64.1 Å². The Kier molecular flexibility index (Phi) is 5.23. The molecule has 0 radical (unpaired) electrons. The van der Waals surface area contributed by atoms with E-state index in [1.807, 2.05) is 6.07 Å². The Morgan fingerprint density at radius 1 is 1.11 bits per heavy atom. The quantitative estimate of drug-likeness (QED) is 0.500. The zero-order valence-electron chi connectivity index (χ0n) is 14.4. The highest BCUT2D eigenvalue weighted by molar-refractivity contribution is 6.35. The first-order valence-corrected chi connectivity index (χ1v) is 9.12. The van der Waals surface area contributed by atoms with Gasteiger partial charge < -0.3 is 13.9 Å². The smallest absolute Gasteiger partial charge is 0.284 e. The molecular weight excluding hydrogens is 403 g/mol. The monoisotopic (exact) mass is 416 g/mol. The van der Waals surface area contributed by atoms with E-state index < -0.39 is 12.0 Å². The fourth-order valence-electron chi connectivity index (χ4n) is 2.63. The molecule has 2 heterocycles. The number of hydrogen-bond acceptors (Lipinski definition) is 5. The standard InChI is InChI=1S/C20H14Cl2N2O4/c21-12-5-7-15(22)14(9-12)16-8-6-13(27-16)10-23-24-20(25)19-11-26-17-3-1-2-4-18(17)28-19/h1-10,19H,11H2,(H,24,25)/t19-/m1/s1. The van der Waals surface area contributed by atoms with Crippen molar-refractivity contribution in [3.8, 4) is 22.8 Å². The molecule has 8 heteroatoms. The van der Waals surface area contributed by atoms with Crippen LogP contribution in [-0.4, -0.2) is 24.8 Å². The van der Waals surface area contributed by atoms with Gasteiger partial charge in [-0.25, -0.2) is 5.43 Å². The zero-order valence-corrected chi connectivity index (χ0v) is 15.9. The lowest BCUT2D eigenvalue weighted by Gasteiger charge is -2.24. The topological polar surface area (TPSA) is 73.1 Å². The summed E-state index contributed by atoms with van der Waals surface area (Å²) in [5, 5.41) is 4.98. The summed E-state index contributed by atoms with van der Waals surface area (Å²) in [7, 11) is 0. The fourth-order valence-corrected chi connectivity index (χ4v) is 3.02. The molecule has 142 valence electrons. The molecule has 0 unspecified atom stereocenters. The van der Waals surface area contributed by atoms with Crippen LogP contribution in [0.1, 0.15) is 5.76 Å². The molecule has 0 saturated heterocycles. The summed E-state index contributed by atoms with van der Waals surface area (Å²) < 4.78 is 16.8. The van der Waals surface area contributed by atoms with Gasteiger partial charge in [-0.05, 0) is 42.5 Å². The largest absolute Gasteiger partial charge is 0.485 e. The maximum absolute atomic E-state index is 12.2. The van der Waals surface area contributed by atoms with Gasteiger partial charge in [-0.1, -0.05) is 35.3 Å². The van der Waals surface area contributed by atoms with E-state index in [2.05, 4.69) is 10.5 Å². The normalized spacial score (nSPS) is 15.6. The van der Waals surface area contributed by atoms with Crippen LogP contribution < -0.4 is 14.9 Å². The second-order valence-electron chi connectivity index (χ2n) is 5.92. The molecule has 4 rings (SSSR count). The third-order valence-corrected chi connectivity index (χ3v) is 4.55. The number of carbonyl (C=O) groups is 1. The average Bonchev–Trinajstić information content (AvgIpc) is 3.18. The third kappa shape index (κ3) is 3.98. The van der Waals surface area contributed by atoms with Gasteiger partial charge in [0.25, 0.3) is 5.91 Å². The lowest BCUT2D eigenvalue weighted by atomic mass is 10.2. The number of furan rings is 1. The number of para-hydroxylation sites is 2. The Balaban J connectivity index is 1.39. The number of hydrazone groups is 1. The van der Waals surface area contributed by atoms with Crippen LogP contribution in [0.4, 0.5) is 0 Å². The van der Waals surface area contributed by atoms with Crippen molar-refractivity contribution in [1.29, 1.82) is 0 Å². The molecule has 0 fully saturated rings. The minimum Gasteiger partial charge on any atom is -0.485 e. The third-order valence-electron chi connectivity index (χ3n) is 3.99. The fraction of sp³-hybridized carbons (Fsp3) is 0.100. The number of amides is 1. The zero-order chi connectivity index (χ0) is 19.5. The molecule has 1 amide bonds. The SMILES string of the molecule is O=C(NN=Cc1ccc(-c2cc(Cl)ccc2Cl)o1)[C@H]1COc2ccccc2O1. The predicted molar refractivity (Wildman–Crippen MR) is 106 cm³/mol. The number of hydrogen-bond donors (Lipinski definition) is 1. The maximum Gasteiger partial charge on any atom is 0.284 e. The summed E-state index contributed by atoms with van der Waals surface area (Å²) in [5.74, 6) is 1.69. The van der Waals surface area contributed by atoms with Crippen molar-refractivity contribution in [2.75, 3.05) is 6.61 Å². The van der Waals surface area contributed by atoms with E-state index in [0.717, 1.165) is 0 Å². The Bertz CT molecular complexity index is 1050. The molecule has 1 atom stereocenters. The van der Waals surface area contributed by atoms with Crippen LogP contribution in [-0.2, 0) is 4.79 Å². The van der Waals surface area contributed by atoms with Gasteiger partial charge in [-0.2, -0.15) is 5.10 Å². The summed E-state index contributed by atoms with van der Waals surface area (Å²) in [6.07, 6.45) is 0.599. The lowest BCUT2D eigenvalue weighted by Crippen LogP contribution is -2.42. The van der Waals surface area contributed by atoms with Gasteiger partial charge in [-0.3, -0.25) is 4.79 Å². The second-order valence-corrected chi connectivity index (χ2v) is 6.77. The molecule has 6 nitrogen and oxygen atoms in total. The van der Waals surface area contributed by atoms with E-state index in [1.165, 1.54) is 6.21 Å². The van der Waals surface area contributed by atoms with Gasteiger partial charge >= 0.3 is 0 Å². The van der Waals surface area contributed by atoms with Gasteiger partial charge in [0.15, 0.2) is 11.5 Å². The first-order valence-electron chi connectivity index (χ1n) is 8.37. The highest BCUT2D eigenvalue weighted by Crippen LogP contribution is 2.32. The van der Waals surface area contributed by atoms with E-state index in [-0.39, 0.29) is 6.61 Å². The van der Waals surface area contributed by atoms with Crippen LogP contribution >= 0.6 is 23.2 Å². The van der Waals surface area contributed by atoms with Gasteiger partial charge in [0.1, 0.15) is 18.1 Å². The predicted octanol–water partition coefficient (Wildman–Crippen LogP) is 4.54. The Morgan fingerprint density at radius 2 is 1.93 bits per heavy atom. The summed E-state index contributed by atoms with van der Waals surface area (Å²) in [6, 6.07) is 15.7. The highest BCUT2D eigenvalue weighted by Gasteiger charge is 2.27. The number of nitrogens with zero attached hydrogens (tertiary/aromatic N) is 1. The van der Waals surface area contributed by atoms with Crippen LogP contribution in [0.25, 0.3) is 11.3 Å². The van der Waals surface area contributed by atoms with E-state index >= 15 is 0 Å². The van der Waals surface area contributed by atoms with Crippen LogP contribution in [0, 0.1) is 0 Å². The molecule has 1 N–H and O–H groups in total. The first kappa shape index (κ1) is 18.4. The van der Waals surface area contributed by atoms with Crippen molar-refractivity contribution < 1.29 is 18.7 Å². The molecule has 0 aliphatic carbocycles. The summed E-state index contributed by atoms with van der Waals surface area (Å²) in [5.41, 5.74) is 3.09. The van der Waals surface area contributed by atoms with Gasteiger partial charge in [-0.15, -0.1) is 0 Å². The number of nitrogens with one attached hydrogen (secondary N) is 1. The minimum absolute atomic E-state index is 0.108. The van der Waals surface area contributed by atoms with Crippen molar-refractivity contribution in [2.45, 2.75) is 6.10 Å². The second kappa shape index (κ2) is 7.96. The molecule has 2 aromatic carbocycles. The number of halogens is 2. The summed E-state index contributed by atoms with van der Waals surface area (Å²) in [4.78, 5) is 12.2. The number of carbonyl (C=O) groups excluding carboxylic acids is 1.